The third kappa shape index (κ3) is 3.95. The highest BCUT2D eigenvalue weighted by molar-refractivity contribution is 7.91. The van der Waals surface area contributed by atoms with Crippen LogP contribution in [-0.2, 0) is 19.6 Å². The monoisotopic (exact) mass is 412 g/mol. The molecule has 1 N–H and O–H groups in total. The van der Waals surface area contributed by atoms with E-state index in [1.807, 2.05) is 13.8 Å². The maximum Gasteiger partial charge on any atom is 0.307 e. The average molecular weight is 413 g/mol. The number of carboxylic acid groups (broad SMARTS) is 1. The van der Waals surface area contributed by atoms with E-state index in [1.165, 1.54) is 15.6 Å². The Bertz CT molecular complexity index is 852. The van der Waals surface area contributed by atoms with E-state index in [0.717, 1.165) is 11.1 Å². The number of carboxylic acids is 1. The molecular formula is C18H24N2O5S2. The number of thiophene rings is 1. The molecule has 0 aromatic carbocycles. The van der Waals surface area contributed by atoms with Gasteiger partial charge in [-0.1, -0.05) is 17.2 Å². The summed E-state index contributed by atoms with van der Waals surface area (Å²) >= 11 is 1.18. The number of aliphatic carboxylic acids is 1. The predicted molar refractivity (Wildman–Crippen MR) is 102 cm³/mol. The van der Waals surface area contributed by atoms with Gasteiger partial charge in [0, 0.05) is 26.2 Å². The smallest absolute Gasteiger partial charge is 0.307 e. The van der Waals surface area contributed by atoms with E-state index in [4.69, 9.17) is 0 Å². The number of allylic oxidation sites excluding steroid dienone is 2. The number of amides is 1. The fraction of sp³-hybridized carbons (Fsp3) is 0.556. The molecule has 1 aromatic heterocycles. The minimum atomic E-state index is -3.52. The molecule has 0 unspecified atom stereocenters. The summed E-state index contributed by atoms with van der Waals surface area (Å²) in [6.07, 6.45) is 0.847. The lowest BCUT2D eigenvalue weighted by atomic mass is 9.76. The van der Waals surface area contributed by atoms with Crippen molar-refractivity contribution in [3.05, 3.63) is 28.7 Å². The number of hydrogen-bond acceptors (Lipinski definition) is 5. The van der Waals surface area contributed by atoms with Crippen molar-refractivity contribution in [2.45, 2.75) is 30.9 Å². The van der Waals surface area contributed by atoms with Gasteiger partial charge in [0.15, 0.2) is 0 Å². The minimum absolute atomic E-state index is 0.178. The second kappa shape index (κ2) is 7.73. The Morgan fingerprint density at radius 1 is 1.07 bits per heavy atom. The van der Waals surface area contributed by atoms with E-state index in [2.05, 4.69) is 0 Å². The number of piperazine rings is 1. The second-order valence-electron chi connectivity index (χ2n) is 7.18. The molecule has 0 saturated carbocycles. The number of nitrogens with zero attached hydrogens (tertiary/aromatic N) is 2. The molecule has 3 rings (SSSR count). The van der Waals surface area contributed by atoms with Gasteiger partial charge in [-0.25, -0.2) is 8.42 Å². The molecule has 1 aliphatic carbocycles. The van der Waals surface area contributed by atoms with Gasteiger partial charge in [-0.3, -0.25) is 9.59 Å². The molecule has 2 aliphatic rings. The standard InChI is InChI=1S/C18H24N2O5S2/c1-12-10-14(15(18(22)23)11-13(12)2)17(21)19-5-7-20(8-6-19)27(24,25)16-4-3-9-26-16/h3-4,9,14-15H,5-8,10-11H2,1-2H3,(H,22,23)/t14-,15-/m1/s1. The summed E-state index contributed by atoms with van der Waals surface area (Å²) in [5.74, 6) is -2.41. The lowest BCUT2D eigenvalue weighted by molar-refractivity contribution is -0.151. The lowest BCUT2D eigenvalue weighted by Crippen LogP contribution is -2.53. The third-order valence-corrected chi connectivity index (χ3v) is 8.81. The molecule has 0 radical (unpaired) electrons. The molecule has 1 aromatic rings. The molecule has 2 atom stereocenters. The van der Waals surface area contributed by atoms with E-state index in [1.54, 1.807) is 22.4 Å². The molecule has 7 nitrogen and oxygen atoms in total. The first-order chi connectivity index (χ1) is 12.7. The normalized spacial score (nSPS) is 24.9. The Kier molecular flexibility index (Phi) is 5.73. The first-order valence-corrected chi connectivity index (χ1v) is 11.2. The molecule has 2 heterocycles. The van der Waals surface area contributed by atoms with Crippen molar-refractivity contribution in [2.24, 2.45) is 11.8 Å². The number of sulfonamides is 1. The van der Waals surface area contributed by atoms with E-state index < -0.39 is 27.8 Å². The summed E-state index contributed by atoms with van der Waals surface area (Å²) in [5.41, 5.74) is 2.11. The van der Waals surface area contributed by atoms with Gasteiger partial charge in [0.2, 0.25) is 5.91 Å². The van der Waals surface area contributed by atoms with Gasteiger partial charge in [-0.2, -0.15) is 4.31 Å². The first-order valence-electron chi connectivity index (χ1n) is 8.92. The Labute approximate surface area is 163 Å². The van der Waals surface area contributed by atoms with Crippen molar-refractivity contribution in [3.63, 3.8) is 0 Å². The zero-order valence-electron chi connectivity index (χ0n) is 15.4. The van der Waals surface area contributed by atoms with Crippen LogP contribution in [0.5, 0.6) is 0 Å². The SMILES string of the molecule is CC1=C(C)C[C@@H](C(=O)N2CCN(S(=O)(=O)c3cccs3)CC2)[C@H](C(=O)O)C1. The summed E-state index contributed by atoms with van der Waals surface area (Å²) in [4.78, 5) is 26.2. The summed E-state index contributed by atoms with van der Waals surface area (Å²) in [6, 6.07) is 3.28. The molecule has 1 saturated heterocycles. The van der Waals surface area contributed by atoms with Crippen LogP contribution in [0.4, 0.5) is 0 Å². The van der Waals surface area contributed by atoms with Crippen LogP contribution < -0.4 is 0 Å². The Balaban J connectivity index is 1.69. The van der Waals surface area contributed by atoms with Crippen LogP contribution in [0.3, 0.4) is 0 Å². The topological polar surface area (TPSA) is 95.0 Å². The van der Waals surface area contributed by atoms with Crippen molar-refractivity contribution in [1.82, 2.24) is 9.21 Å². The number of carbonyl (C=O) groups excluding carboxylic acids is 1. The van der Waals surface area contributed by atoms with E-state index in [-0.39, 0.29) is 32.1 Å². The largest absolute Gasteiger partial charge is 0.481 e. The van der Waals surface area contributed by atoms with E-state index >= 15 is 0 Å². The molecule has 1 aliphatic heterocycles. The number of rotatable bonds is 4. The maximum atomic E-state index is 13.0. The Hall–Kier alpha value is -1.71. The van der Waals surface area contributed by atoms with Crippen LogP contribution >= 0.6 is 11.3 Å². The highest BCUT2D eigenvalue weighted by atomic mass is 32.2. The van der Waals surface area contributed by atoms with Crippen LogP contribution in [-0.4, -0.2) is 60.8 Å². The molecular weight excluding hydrogens is 388 g/mol. The first kappa shape index (κ1) is 20.0. The third-order valence-electron chi connectivity index (χ3n) is 5.54. The Morgan fingerprint density at radius 3 is 2.19 bits per heavy atom. The molecule has 1 amide bonds. The van der Waals surface area contributed by atoms with Crippen LogP contribution in [0.1, 0.15) is 26.7 Å². The summed E-state index contributed by atoms with van der Waals surface area (Å²) in [6.45, 7) is 4.88. The van der Waals surface area contributed by atoms with Gasteiger partial charge in [0.05, 0.1) is 11.8 Å². The minimum Gasteiger partial charge on any atom is -0.481 e. The molecule has 0 spiro atoms. The van der Waals surface area contributed by atoms with Crippen LogP contribution in [0.25, 0.3) is 0 Å². The van der Waals surface area contributed by atoms with E-state index in [0.29, 0.717) is 17.1 Å². The molecule has 0 bridgehead atoms. The highest BCUT2D eigenvalue weighted by Crippen LogP contribution is 2.35. The van der Waals surface area contributed by atoms with Crippen molar-refractivity contribution < 1.29 is 23.1 Å². The average Bonchev–Trinajstić information content (AvgIpc) is 3.18. The van der Waals surface area contributed by atoms with Crippen molar-refractivity contribution in [1.29, 1.82) is 0 Å². The van der Waals surface area contributed by atoms with Gasteiger partial charge < -0.3 is 10.0 Å². The van der Waals surface area contributed by atoms with E-state index in [9.17, 15) is 23.1 Å². The number of hydrogen-bond donors (Lipinski definition) is 1. The van der Waals surface area contributed by atoms with Gasteiger partial charge in [0.1, 0.15) is 4.21 Å². The van der Waals surface area contributed by atoms with Gasteiger partial charge in [-0.05, 0) is 38.1 Å². The zero-order chi connectivity index (χ0) is 19.8. The van der Waals surface area contributed by atoms with Gasteiger partial charge in [-0.15, -0.1) is 11.3 Å². The van der Waals surface area contributed by atoms with Gasteiger partial charge in [0.25, 0.3) is 10.0 Å². The lowest BCUT2D eigenvalue weighted by Gasteiger charge is -2.38. The zero-order valence-corrected chi connectivity index (χ0v) is 17.1. The number of carbonyl (C=O) groups is 2. The highest BCUT2D eigenvalue weighted by Gasteiger charge is 2.40. The fourth-order valence-corrected chi connectivity index (χ4v) is 6.30. The van der Waals surface area contributed by atoms with Crippen LogP contribution in [0, 0.1) is 11.8 Å². The van der Waals surface area contributed by atoms with Gasteiger partial charge >= 0.3 is 5.97 Å². The summed E-state index contributed by atoms with van der Waals surface area (Å²) in [7, 11) is -3.52. The fourth-order valence-electron chi connectivity index (χ4n) is 3.73. The maximum absolute atomic E-state index is 13.0. The van der Waals surface area contributed by atoms with Crippen molar-refractivity contribution in [2.75, 3.05) is 26.2 Å². The quantitative estimate of drug-likeness (QED) is 0.764. The summed E-state index contributed by atoms with van der Waals surface area (Å²) < 4.78 is 26.9. The molecule has 148 valence electrons. The summed E-state index contributed by atoms with van der Waals surface area (Å²) in [5, 5.41) is 11.3. The second-order valence-corrected chi connectivity index (χ2v) is 10.3. The molecule has 1 fully saturated rings. The molecule has 9 heteroatoms. The van der Waals surface area contributed by atoms with Crippen molar-refractivity contribution in [3.8, 4) is 0 Å². The van der Waals surface area contributed by atoms with Crippen molar-refractivity contribution >= 4 is 33.2 Å². The Morgan fingerprint density at radius 2 is 1.67 bits per heavy atom. The predicted octanol–water partition coefficient (Wildman–Crippen LogP) is 2.03. The molecule has 27 heavy (non-hydrogen) atoms. The van der Waals surface area contributed by atoms with Crippen LogP contribution in [0.15, 0.2) is 32.9 Å². The van der Waals surface area contributed by atoms with Crippen LogP contribution in [0.2, 0.25) is 0 Å².